The number of fused-ring (bicyclic) bond motifs is 1. The highest BCUT2D eigenvalue weighted by atomic mass is 16.5. The van der Waals surface area contributed by atoms with E-state index in [1.165, 1.54) is 6.08 Å². The first-order valence-electron chi connectivity index (χ1n) is 10.2. The number of nitrogens with one attached hydrogen (secondary N) is 1. The number of ether oxygens (including phenoxy) is 2. The van der Waals surface area contributed by atoms with Crippen LogP contribution < -0.4 is 15.0 Å². The van der Waals surface area contributed by atoms with Gasteiger partial charge in [0.15, 0.2) is 17.3 Å². The van der Waals surface area contributed by atoms with E-state index in [1.807, 2.05) is 61.5 Å². The van der Waals surface area contributed by atoms with Gasteiger partial charge in [-0.1, -0.05) is 54.1 Å². The molecule has 1 heterocycles. The quantitative estimate of drug-likeness (QED) is 0.331. The number of H-pyrrole nitrogens is 1. The Morgan fingerprint density at radius 3 is 2.38 bits per heavy atom. The molecule has 0 fully saturated rings. The zero-order valence-corrected chi connectivity index (χ0v) is 18.1. The highest BCUT2D eigenvalue weighted by Gasteiger charge is 2.19. The number of hydrogen-bond acceptors (Lipinski definition) is 4. The third-order valence-electron chi connectivity index (χ3n) is 5.31. The minimum atomic E-state index is -0.415. The standard InChI is InChI=1S/C27H23NO4/c1-17-9-12-21-20(15-17)25(19-7-5-4-6-8-19)26(27(30)28-21)22(29)13-10-18-11-14-23(31-2)24(16-18)32-3/h4-16H,1-3H3,(H,28,30). The summed E-state index contributed by atoms with van der Waals surface area (Å²) in [7, 11) is 3.12. The summed E-state index contributed by atoms with van der Waals surface area (Å²) < 4.78 is 10.6. The van der Waals surface area contributed by atoms with Crippen LogP contribution in [-0.2, 0) is 0 Å². The van der Waals surface area contributed by atoms with Crippen LogP contribution in [0.3, 0.4) is 0 Å². The number of benzene rings is 3. The molecule has 0 aliphatic rings. The van der Waals surface area contributed by atoms with Gasteiger partial charge in [-0.25, -0.2) is 0 Å². The Morgan fingerprint density at radius 2 is 1.66 bits per heavy atom. The highest BCUT2D eigenvalue weighted by Crippen LogP contribution is 2.31. The lowest BCUT2D eigenvalue weighted by Crippen LogP contribution is -2.18. The third-order valence-corrected chi connectivity index (χ3v) is 5.31. The van der Waals surface area contributed by atoms with Crippen LogP contribution in [0, 0.1) is 6.92 Å². The van der Waals surface area contributed by atoms with E-state index in [1.54, 1.807) is 32.4 Å². The van der Waals surface area contributed by atoms with Crippen LogP contribution in [0.2, 0.25) is 0 Å². The Labute approximate surface area is 185 Å². The molecule has 1 N–H and O–H groups in total. The minimum Gasteiger partial charge on any atom is -0.493 e. The van der Waals surface area contributed by atoms with Crippen LogP contribution in [0.15, 0.2) is 77.6 Å². The molecule has 0 atom stereocenters. The second kappa shape index (κ2) is 8.94. The lowest BCUT2D eigenvalue weighted by Gasteiger charge is -2.12. The first-order valence-corrected chi connectivity index (χ1v) is 10.2. The molecule has 1 aromatic heterocycles. The van der Waals surface area contributed by atoms with Crippen molar-refractivity contribution in [3.8, 4) is 22.6 Å². The number of aryl methyl sites for hydroxylation is 1. The first-order chi connectivity index (χ1) is 15.5. The fourth-order valence-electron chi connectivity index (χ4n) is 3.76. The Morgan fingerprint density at radius 1 is 0.906 bits per heavy atom. The molecule has 3 aromatic carbocycles. The predicted molar refractivity (Wildman–Crippen MR) is 128 cm³/mol. The number of aromatic amines is 1. The van der Waals surface area contributed by atoms with Crippen molar-refractivity contribution < 1.29 is 14.3 Å². The van der Waals surface area contributed by atoms with Gasteiger partial charge in [0, 0.05) is 16.5 Å². The van der Waals surface area contributed by atoms with Crippen LogP contribution in [0.1, 0.15) is 21.5 Å². The van der Waals surface area contributed by atoms with E-state index in [0.29, 0.717) is 22.6 Å². The number of hydrogen-bond donors (Lipinski definition) is 1. The molecule has 160 valence electrons. The number of rotatable bonds is 6. The third kappa shape index (κ3) is 4.05. The zero-order chi connectivity index (χ0) is 22.7. The van der Waals surface area contributed by atoms with E-state index in [-0.39, 0.29) is 11.3 Å². The van der Waals surface area contributed by atoms with Crippen molar-refractivity contribution in [1.82, 2.24) is 4.98 Å². The summed E-state index contributed by atoms with van der Waals surface area (Å²) in [6.07, 6.45) is 3.08. The minimum absolute atomic E-state index is 0.117. The van der Waals surface area contributed by atoms with Crippen molar-refractivity contribution in [3.05, 3.63) is 99.9 Å². The lowest BCUT2D eigenvalue weighted by molar-refractivity contribution is 0.104. The van der Waals surface area contributed by atoms with Gasteiger partial charge >= 0.3 is 0 Å². The summed E-state index contributed by atoms with van der Waals surface area (Å²) in [5.41, 5.74) is 3.64. The Hall–Kier alpha value is -4.12. The van der Waals surface area contributed by atoms with Gasteiger partial charge in [0.25, 0.3) is 5.56 Å². The molecule has 0 bridgehead atoms. The molecule has 0 spiro atoms. The number of carbonyl (C=O) groups excluding carboxylic acids is 1. The van der Waals surface area contributed by atoms with E-state index < -0.39 is 5.56 Å². The van der Waals surface area contributed by atoms with E-state index in [4.69, 9.17) is 9.47 Å². The molecule has 0 unspecified atom stereocenters. The maximum atomic E-state index is 13.3. The molecule has 32 heavy (non-hydrogen) atoms. The largest absolute Gasteiger partial charge is 0.493 e. The van der Waals surface area contributed by atoms with Crippen LogP contribution in [-0.4, -0.2) is 25.0 Å². The van der Waals surface area contributed by atoms with E-state index in [9.17, 15) is 9.59 Å². The van der Waals surface area contributed by atoms with Crippen molar-refractivity contribution in [1.29, 1.82) is 0 Å². The average molecular weight is 425 g/mol. The van der Waals surface area contributed by atoms with Gasteiger partial charge in [-0.2, -0.15) is 0 Å². The molecule has 5 nitrogen and oxygen atoms in total. The molecule has 0 saturated heterocycles. The fourth-order valence-corrected chi connectivity index (χ4v) is 3.76. The van der Waals surface area contributed by atoms with Crippen LogP contribution in [0.5, 0.6) is 11.5 Å². The van der Waals surface area contributed by atoms with Crippen molar-refractivity contribution in [2.24, 2.45) is 0 Å². The highest BCUT2D eigenvalue weighted by molar-refractivity contribution is 6.15. The summed E-state index contributed by atoms with van der Waals surface area (Å²) >= 11 is 0. The molecule has 0 saturated carbocycles. The summed E-state index contributed by atoms with van der Waals surface area (Å²) in [5, 5.41) is 0.832. The van der Waals surface area contributed by atoms with Crippen LogP contribution in [0.25, 0.3) is 28.1 Å². The summed E-state index contributed by atoms with van der Waals surface area (Å²) in [4.78, 5) is 29.1. The van der Waals surface area contributed by atoms with E-state index >= 15 is 0 Å². The van der Waals surface area contributed by atoms with Crippen LogP contribution >= 0.6 is 0 Å². The molecule has 4 aromatic rings. The second-order valence-electron chi connectivity index (χ2n) is 7.43. The molecular weight excluding hydrogens is 402 g/mol. The van der Waals surface area contributed by atoms with E-state index in [0.717, 1.165) is 22.1 Å². The molecule has 4 rings (SSSR count). The average Bonchev–Trinajstić information content (AvgIpc) is 2.82. The van der Waals surface area contributed by atoms with Gasteiger partial charge < -0.3 is 14.5 Å². The number of aromatic nitrogens is 1. The Balaban J connectivity index is 1.85. The number of allylic oxidation sites excluding steroid dienone is 1. The molecule has 0 amide bonds. The number of pyridine rings is 1. The first kappa shape index (κ1) is 21.1. The monoisotopic (exact) mass is 425 g/mol. The molecule has 0 aliphatic heterocycles. The van der Waals surface area contributed by atoms with Crippen molar-refractivity contribution >= 4 is 22.8 Å². The Kier molecular flexibility index (Phi) is 5.90. The number of ketones is 1. The topological polar surface area (TPSA) is 68.4 Å². The maximum Gasteiger partial charge on any atom is 0.260 e. The van der Waals surface area contributed by atoms with E-state index in [2.05, 4.69) is 4.98 Å². The molecular formula is C27H23NO4. The van der Waals surface area contributed by atoms with Gasteiger partial charge in [0.1, 0.15) is 0 Å². The normalized spacial score (nSPS) is 11.1. The summed E-state index contributed by atoms with van der Waals surface area (Å²) in [5.74, 6) is 0.790. The number of carbonyl (C=O) groups is 1. The van der Waals surface area contributed by atoms with Crippen molar-refractivity contribution in [3.63, 3.8) is 0 Å². The summed E-state index contributed by atoms with van der Waals surface area (Å²) in [6, 6.07) is 20.7. The van der Waals surface area contributed by atoms with Crippen molar-refractivity contribution in [2.75, 3.05) is 14.2 Å². The van der Waals surface area contributed by atoms with Gasteiger partial charge in [-0.3, -0.25) is 9.59 Å². The smallest absolute Gasteiger partial charge is 0.260 e. The predicted octanol–water partition coefficient (Wildman–Crippen LogP) is 5.42. The molecule has 0 aliphatic carbocycles. The summed E-state index contributed by atoms with van der Waals surface area (Å²) in [6.45, 7) is 1.98. The lowest BCUT2D eigenvalue weighted by atomic mass is 9.93. The van der Waals surface area contributed by atoms with Gasteiger partial charge in [-0.05, 0) is 48.4 Å². The fraction of sp³-hybridized carbons (Fsp3) is 0.111. The van der Waals surface area contributed by atoms with Gasteiger partial charge in [-0.15, -0.1) is 0 Å². The van der Waals surface area contributed by atoms with Crippen LogP contribution in [0.4, 0.5) is 0 Å². The van der Waals surface area contributed by atoms with Crippen molar-refractivity contribution in [2.45, 2.75) is 6.92 Å². The molecule has 5 heteroatoms. The second-order valence-corrected chi connectivity index (χ2v) is 7.43. The zero-order valence-electron chi connectivity index (χ0n) is 18.1. The number of methoxy groups -OCH3 is 2. The molecule has 0 radical (unpaired) electrons. The van der Waals surface area contributed by atoms with Gasteiger partial charge in [0.2, 0.25) is 0 Å². The Bertz CT molecular complexity index is 1380. The van der Waals surface area contributed by atoms with Gasteiger partial charge in [0.05, 0.1) is 19.8 Å². The maximum absolute atomic E-state index is 13.3. The SMILES string of the molecule is COc1ccc(C=CC(=O)c2c(-c3ccccc3)c3cc(C)ccc3[nH]c2=O)cc1OC.